The summed E-state index contributed by atoms with van der Waals surface area (Å²) < 4.78 is 10.7. The smallest absolute Gasteiger partial charge is 0.224 e. The molecule has 2 N–H and O–H groups in total. The first-order chi connectivity index (χ1) is 7.77. The van der Waals surface area contributed by atoms with Crippen LogP contribution in [0.2, 0.25) is 0 Å². The quantitative estimate of drug-likeness (QED) is 0.610. The van der Waals surface area contributed by atoms with E-state index in [-0.39, 0.29) is 18.1 Å². The van der Waals surface area contributed by atoms with Gasteiger partial charge >= 0.3 is 0 Å². The summed E-state index contributed by atoms with van der Waals surface area (Å²) in [6.07, 6.45) is 0.591. The molecule has 1 aliphatic rings. The van der Waals surface area contributed by atoms with Crippen LogP contribution in [0.4, 0.5) is 0 Å². The molecule has 1 heterocycles. The third-order valence-corrected chi connectivity index (χ3v) is 2.58. The van der Waals surface area contributed by atoms with Crippen LogP contribution in [0, 0.1) is 5.92 Å². The Hall–Kier alpha value is -0.650. The molecule has 1 fully saturated rings. The van der Waals surface area contributed by atoms with Gasteiger partial charge in [0.05, 0.1) is 12.5 Å². The molecule has 1 rings (SSSR count). The normalized spacial score (nSPS) is 20.3. The van der Waals surface area contributed by atoms with Crippen molar-refractivity contribution in [2.45, 2.75) is 26.6 Å². The monoisotopic (exact) mass is 230 g/mol. The van der Waals surface area contributed by atoms with Crippen LogP contribution in [0.1, 0.15) is 20.3 Å². The van der Waals surface area contributed by atoms with Gasteiger partial charge in [-0.3, -0.25) is 4.79 Å². The van der Waals surface area contributed by atoms with Crippen molar-refractivity contribution in [3.8, 4) is 0 Å². The summed E-state index contributed by atoms with van der Waals surface area (Å²) in [5, 5.41) is 6.03. The van der Waals surface area contributed by atoms with Crippen molar-refractivity contribution < 1.29 is 14.3 Å². The average molecular weight is 230 g/mol. The number of carbonyl (C=O) groups excluding carboxylic acids is 1. The fraction of sp³-hybridized carbons (Fsp3) is 0.909. The van der Waals surface area contributed by atoms with Crippen LogP contribution in [0.15, 0.2) is 0 Å². The van der Waals surface area contributed by atoms with Crippen molar-refractivity contribution in [2.75, 3.05) is 32.8 Å². The zero-order valence-electron chi connectivity index (χ0n) is 10.1. The number of amides is 1. The molecule has 5 heteroatoms. The molecule has 0 radical (unpaired) electrons. The molecule has 0 bridgehead atoms. The maximum atomic E-state index is 11.7. The Morgan fingerprint density at radius 2 is 2.12 bits per heavy atom. The molecule has 0 saturated carbocycles. The van der Waals surface area contributed by atoms with Crippen LogP contribution in [-0.4, -0.2) is 45.0 Å². The summed E-state index contributed by atoms with van der Waals surface area (Å²) >= 11 is 0. The topological polar surface area (TPSA) is 59.6 Å². The maximum Gasteiger partial charge on any atom is 0.224 e. The van der Waals surface area contributed by atoms with Crippen molar-refractivity contribution in [1.82, 2.24) is 10.6 Å². The van der Waals surface area contributed by atoms with Gasteiger partial charge in [-0.2, -0.15) is 0 Å². The second kappa shape index (κ2) is 7.60. The van der Waals surface area contributed by atoms with Crippen LogP contribution in [0.5, 0.6) is 0 Å². The standard InChI is InChI=1S/C11H22N2O3/c1-3-15-10(16-4-2)8-13-11(14)9-5-6-12-7-9/h9-10,12H,3-8H2,1-2H3,(H,13,14). The Bertz CT molecular complexity index is 199. The Morgan fingerprint density at radius 1 is 1.44 bits per heavy atom. The van der Waals surface area contributed by atoms with Gasteiger partial charge in [0.1, 0.15) is 0 Å². The molecule has 94 valence electrons. The van der Waals surface area contributed by atoms with E-state index in [2.05, 4.69) is 10.6 Å². The second-order valence-electron chi connectivity index (χ2n) is 3.78. The molecule has 0 aromatic rings. The van der Waals surface area contributed by atoms with Crippen molar-refractivity contribution in [3.05, 3.63) is 0 Å². The van der Waals surface area contributed by atoms with Crippen molar-refractivity contribution in [2.24, 2.45) is 5.92 Å². The molecule has 0 spiro atoms. The van der Waals surface area contributed by atoms with Gasteiger partial charge in [-0.1, -0.05) is 0 Å². The lowest BCUT2D eigenvalue weighted by molar-refractivity contribution is -0.141. The molecular formula is C11H22N2O3. The first kappa shape index (κ1) is 13.4. The minimum atomic E-state index is -0.326. The Kier molecular flexibility index (Phi) is 6.37. The first-order valence-corrected chi connectivity index (χ1v) is 5.99. The summed E-state index contributed by atoms with van der Waals surface area (Å²) in [5.41, 5.74) is 0. The lowest BCUT2D eigenvalue weighted by Gasteiger charge is -2.18. The minimum absolute atomic E-state index is 0.0920. The molecule has 5 nitrogen and oxygen atoms in total. The van der Waals surface area contributed by atoms with E-state index in [1.807, 2.05) is 13.8 Å². The van der Waals surface area contributed by atoms with E-state index >= 15 is 0 Å². The highest BCUT2D eigenvalue weighted by Gasteiger charge is 2.22. The highest BCUT2D eigenvalue weighted by molar-refractivity contribution is 5.79. The molecule has 1 saturated heterocycles. The molecule has 1 aliphatic heterocycles. The van der Waals surface area contributed by atoms with Gasteiger partial charge in [0.15, 0.2) is 6.29 Å². The van der Waals surface area contributed by atoms with E-state index in [4.69, 9.17) is 9.47 Å². The van der Waals surface area contributed by atoms with Crippen LogP contribution >= 0.6 is 0 Å². The zero-order chi connectivity index (χ0) is 11.8. The van der Waals surface area contributed by atoms with Crippen LogP contribution < -0.4 is 10.6 Å². The van der Waals surface area contributed by atoms with Crippen LogP contribution in [-0.2, 0) is 14.3 Å². The number of carbonyl (C=O) groups is 1. The van der Waals surface area contributed by atoms with Gasteiger partial charge < -0.3 is 20.1 Å². The molecule has 0 aromatic carbocycles. The Balaban J connectivity index is 2.21. The predicted octanol–water partition coefficient (Wildman–Crippen LogP) is 0.111. The number of rotatable bonds is 7. The van der Waals surface area contributed by atoms with Gasteiger partial charge in [-0.25, -0.2) is 0 Å². The lowest BCUT2D eigenvalue weighted by atomic mass is 10.1. The second-order valence-corrected chi connectivity index (χ2v) is 3.78. The molecule has 16 heavy (non-hydrogen) atoms. The van der Waals surface area contributed by atoms with Gasteiger partial charge in [0.25, 0.3) is 0 Å². The number of ether oxygens (including phenoxy) is 2. The highest BCUT2D eigenvalue weighted by Crippen LogP contribution is 2.07. The Morgan fingerprint density at radius 3 is 2.62 bits per heavy atom. The Labute approximate surface area is 96.9 Å². The largest absolute Gasteiger partial charge is 0.351 e. The van der Waals surface area contributed by atoms with Crippen molar-refractivity contribution >= 4 is 5.91 Å². The summed E-state index contributed by atoms with van der Waals surface area (Å²) in [6.45, 7) is 7.13. The molecule has 1 atom stereocenters. The number of hydrogen-bond donors (Lipinski definition) is 2. The van der Waals surface area contributed by atoms with E-state index in [1.165, 1.54) is 0 Å². The number of nitrogens with one attached hydrogen (secondary N) is 2. The van der Waals surface area contributed by atoms with E-state index in [9.17, 15) is 4.79 Å². The zero-order valence-corrected chi connectivity index (χ0v) is 10.1. The van der Waals surface area contributed by atoms with E-state index < -0.39 is 0 Å². The van der Waals surface area contributed by atoms with Crippen molar-refractivity contribution in [1.29, 1.82) is 0 Å². The van der Waals surface area contributed by atoms with E-state index in [0.29, 0.717) is 19.8 Å². The third-order valence-electron chi connectivity index (χ3n) is 2.58. The summed E-state index contributed by atoms with van der Waals surface area (Å²) in [6, 6.07) is 0. The lowest BCUT2D eigenvalue weighted by Crippen LogP contribution is -2.39. The summed E-state index contributed by atoms with van der Waals surface area (Å²) in [5.74, 6) is 0.193. The SMILES string of the molecule is CCOC(CNC(=O)C1CCNC1)OCC. The van der Waals surface area contributed by atoms with Gasteiger partial charge in [-0.15, -0.1) is 0 Å². The maximum absolute atomic E-state index is 11.7. The highest BCUT2D eigenvalue weighted by atomic mass is 16.7. The molecule has 0 aromatic heterocycles. The van der Waals surface area contributed by atoms with Gasteiger partial charge in [-0.05, 0) is 26.8 Å². The molecule has 0 aliphatic carbocycles. The molecule has 1 amide bonds. The summed E-state index contributed by atoms with van der Waals surface area (Å²) in [4.78, 5) is 11.7. The van der Waals surface area contributed by atoms with E-state index in [1.54, 1.807) is 0 Å². The van der Waals surface area contributed by atoms with Crippen LogP contribution in [0.3, 0.4) is 0 Å². The third kappa shape index (κ3) is 4.47. The molecule has 1 unspecified atom stereocenters. The number of hydrogen-bond acceptors (Lipinski definition) is 4. The van der Waals surface area contributed by atoms with Crippen molar-refractivity contribution in [3.63, 3.8) is 0 Å². The fourth-order valence-electron chi connectivity index (χ4n) is 1.74. The van der Waals surface area contributed by atoms with E-state index in [0.717, 1.165) is 19.5 Å². The van der Waals surface area contributed by atoms with Gasteiger partial charge in [0.2, 0.25) is 5.91 Å². The predicted molar refractivity (Wildman–Crippen MR) is 61.0 cm³/mol. The van der Waals surface area contributed by atoms with Crippen LogP contribution in [0.25, 0.3) is 0 Å². The molecular weight excluding hydrogens is 208 g/mol. The summed E-state index contributed by atoms with van der Waals surface area (Å²) in [7, 11) is 0. The first-order valence-electron chi connectivity index (χ1n) is 5.99. The fourth-order valence-corrected chi connectivity index (χ4v) is 1.74. The average Bonchev–Trinajstić information content (AvgIpc) is 2.79. The van der Waals surface area contributed by atoms with Gasteiger partial charge in [0, 0.05) is 19.8 Å². The minimum Gasteiger partial charge on any atom is -0.351 e.